The second kappa shape index (κ2) is 28.9. The number of hydrogen-bond donors (Lipinski definition) is 0. The summed E-state index contributed by atoms with van der Waals surface area (Å²) in [5.74, 6) is 4.87. The summed E-state index contributed by atoms with van der Waals surface area (Å²) in [5, 5.41) is 1.94. The predicted octanol–water partition coefficient (Wildman–Crippen LogP) is 18.8. The van der Waals surface area contributed by atoms with Gasteiger partial charge in [0.25, 0.3) is 8.11 Å². The van der Waals surface area contributed by atoms with E-state index in [0.717, 1.165) is 72.9 Å². The summed E-state index contributed by atoms with van der Waals surface area (Å²) in [6, 6.07) is 38.0. The average Bonchev–Trinajstić information content (AvgIpc) is 3.95. The maximum absolute atomic E-state index is 12.4. The van der Waals surface area contributed by atoms with Crippen LogP contribution in [0.15, 0.2) is 143 Å². The van der Waals surface area contributed by atoms with E-state index < -0.39 is 0 Å². The second-order valence-corrected chi connectivity index (χ2v) is 25.7. The van der Waals surface area contributed by atoms with Crippen molar-refractivity contribution in [1.29, 1.82) is 0 Å². The van der Waals surface area contributed by atoms with E-state index >= 15 is 0 Å². The zero-order chi connectivity index (χ0) is 49.9. The van der Waals surface area contributed by atoms with E-state index in [0.29, 0.717) is 36.9 Å². The molecule has 5 aromatic carbocycles. The van der Waals surface area contributed by atoms with Crippen LogP contribution >= 0.6 is 78.7 Å². The first-order valence-electron chi connectivity index (χ1n) is 23.7. The summed E-state index contributed by atoms with van der Waals surface area (Å²) < 4.78 is 18.6. The number of methoxy groups -OCH3 is 1. The van der Waals surface area contributed by atoms with Crippen molar-refractivity contribution in [2.75, 3.05) is 20.3 Å². The molecular formula is C57H68O5S7. The Morgan fingerprint density at radius 3 is 1.49 bits per heavy atom. The zero-order valence-corrected chi connectivity index (χ0v) is 47.6. The molecule has 12 heteroatoms. The molecule has 2 aromatic heterocycles. The minimum absolute atomic E-state index is 0.127. The number of ether oxygens (including phenoxy) is 3. The first-order valence-corrected chi connectivity index (χ1v) is 30.0. The molecule has 69 heavy (non-hydrogen) atoms. The van der Waals surface area contributed by atoms with Gasteiger partial charge in [0.15, 0.2) is 0 Å². The molecule has 0 spiro atoms. The third-order valence-electron chi connectivity index (χ3n) is 11.3. The maximum Gasteiger partial charge on any atom is 0.289 e. The van der Waals surface area contributed by atoms with E-state index in [9.17, 15) is 9.59 Å². The Morgan fingerprint density at radius 2 is 1.03 bits per heavy atom. The quantitative estimate of drug-likeness (QED) is 0.0700. The van der Waals surface area contributed by atoms with Crippen molar-refractivity contribution >= 4 is 78.7 Å². The van der Waals surface area contributed by atoms with Crippen LogP contribution in [0.2, 0.25) is 0 Å². The highest BCUT2D eigenvalue weighted by atomic mass is 33.1. The fourth-order valence-electron chi connectivity index (χ4n) is 6.50. The van der Waals surface area contributed by atoms with Gasteiger partial charge in [-0.3, -0.25) is 9.59 Å². The number of aryl methyl sites for hydroxylation is 2. The molecule has 0 aliphatic heterocycles. The van der Waals surface area contributed by atoms with Crippen LogP contribution in [-0.2, 0) is 0 Å². The highest BCUT2D eigenvalue weighted by Gasteiger charge is 2.19. The predicted molar refractivity (Wildman–Crippen MR) is 306 cm³/mol. The molecule has 0 aliphatic carbocycles. The van der Waals surface area contributed by atoms with Gasteiger partial charge in [0.2, 0.25) is 0 Å². The van der Waals surface area contributed by atoms with E-state index in [2.05, 4.69) is 166 Å². The topological polar surface area (TPSA) is 61.8 Å². The molecule has 0 saturated heterocycles. The lowest BCUT2D eigenvalue weighted by molar-refractivity contribution is 0.290. The molecule has 2 heterocycles. The molecule has 2 atom stereocenters. The molecule has 0 aliphatic rings. The minimum Gasteiger partial charge on any atom is -0.497 e. The third-order valence-corrected chi connectivity index (χ3v) is 19.2. The Hall–Kier alpha value is -3.75. The van der Waals surface area contributed by atoms with Gasteiger partial charge in [-0.2, -0.15) is 0 Å². The number of hydrogen-bond acceptors (Lipinski definition) is 12. The standard InChI is InChI=1S/C25H30O2S3.C18H24O2S2.C14H14OS2/c1-6-18(5)19-9-12-22(27-14-13-16(2)3)21(15-19)23-24(30-25(26)29-23)28-20-10-7-17(4)8-11-20;1-5-13(4)14-6-7-16(20-9-8-12(2)3)15(10-14)17-11-21-18(19)22-17;1-11-3-7-13(8-4-11)16-17-14-9-5-12(15-2)6-10-14/h7-12,15-16,18H,6,13-14H2,1-5H3;6-7,10-13H,5,8-9H2,1-4H3;3-10H,1-2H3. The molecule has 5 nitrogen and oxygen atoms in total. The molecule has 7 aromatic rings. The fraction of sp³-hybridized carbons (Fsp3) is 0.368. The molecule has 0 bridgehead atoms. The summed E-state index contributed by atoms with van der Waals surface area (Å²) >= 11 is 6.91. The van der Waals surface area contributed by atoms with Gasteiger partial charge in [0, 0.05) is 31.2 Å². The normalized spacial score (nSPS) is 11.9. The van der Waals surface area contributed by atoms with E-state index in [1.54, 1.807) is 40.5 Å². The smallest absolute Gasteiger partial charge is 0.289 e. The molecule has 0 radical (unpaired) electrons. The first-order chi connectivity index (χ1) is 33.1. The Balaban J connectivity index is 0.000000201. The van der Waals surface area contributed by atoms with Gasteiger partial charge in [-0.15, -0.1) is 0 Å². The highest BCUT2D eigenvalue weighted by molar-refractivity contribution is 8.76. The Bertz CT molecular complexity index is 2710. The maximum atomic E-state index is 12.4. The number of rotatable bonds is 20. The summed E-state index contributed by atoms with van der Waals surface area (Å²) in [6.07, 6.45) is 4.23. The average molecular weight is 1060 g/mol. The monoisotopic (exact) mass is 1060 g/mol. The summed E-state index contributed by atoms with van der Waals surface area (Å²) in [4.78, 5) is 29.6. The molecule has 0 saturated carbocycles. The highest BCUT2D eigenvalue weighted by Crippen LogP contribution is 2.45. The summed E-state index contributed by atoms with van der Waals surface area (Å²) in [7, 11) is 5.21. The molecule has 0 fully saturated rings. The SMILES string of the molecule is CCC(C)c1ccc(OCCC(C)C)c(-c2csc(=O)s2)c1.CCC(C)c1ccc(OCCC(C)C)c(-c2sc(=O)sc2Sc2ccc(C)cc2)c1.COc1ccc(SSc2ccc(C)cc2)cc1. The summed E-state index contributed by atoms with van der Waals surface area (Å²) in [6.45, 7) is 23.3. The van der Waals surface area contributed by atoms with Crippen molar-refractivity contribution < 1.29 is 14.2 Å². The fourth-order valence-corrected chi connectivity index (χ4v) is 13.7. The lowest BCUT2D eigenvalue weighted by Gasteiger charge is -2.16. The largest absolute Gasteiger partial charge is 0.497 e. The van der Waals surface area contributed by atoms with Crippen LogP contribution in [0, 0.1) is 25.7 Å². The van der Waals surface area contributed by atoms with Crippen molar-refractivity contribution in [3.63, 3.8) is 0 Å². The van der Waals surface area contributed by atoms with Gasteiger partial charge in [-0.25, -0.2) is 0 Å². The van der Waals surface area contributed by atoms with Crippen LogP contribution in [0.1, 0.15) is 115 Å². The Labute approximate surface area is 439 Å². The molecule has 368 valence electrons. The molecule has 0 N–H and O–H groups in total. The van der Waals surface area contributed by atoms with Gasteiger partial charge in [-0.05, 0) is 147 Å². The van der Waals surface area contributed by atoms with Crippen LogP contribution < -0.4 is 22.3 Å². The van der Waals surface area contributed by atoms with Crippen molar-refractivity contribution in [2.24, 2.45) is 11.8 Å². The zero-order valence-electron chi connectivity index (χ0n) is 41.9. The lowest BCUT2D eigenvalue weighted by atomic mass is 9.96. The van der Waals surface area contributed by atoms with Crippen molar-refractivity contribution in [1.82, 2.24) is 0 Å². The van der Waals surface area contributed by atoms with Crippen molar-refractivity contribution in [2.45, 2.75) is 126 Å². The van der Waals surface area contributed by atoms with Crippen LogP contribution in [0.25, 0.3) is 20.9 Å². The van der Waals surface area contributed by atoms with E-state index in [1.165, 1.54) is 77.4 Å². The van der Waals surface area contributed by atoms with Crippen LogP contribution in [0.3, 0.4) is 0 Å². The molecule has 2 unspecified atom stereocenters. The number of benzene rings is 5. The van der Waals surface area contributed by atoms with Crippen LogP contribution in [0.5, 0.6) is 17.2 Å². The van der Waals surface area contributed by atoms with Gasteiger partial charge in [0.05, 0.1) is 34.3 Å². The van der Waals surface area contributed by atoms with Crippen molar-refractivity contribution in [3.8, 4) is 38.1 Å². The van der Waals surface area contributed by atoms with E-state index in [-0.39, 0.29) is 8.11 Å². The molecule has 7 rings (SSSR count). The van der Waals surface area contributed by atoms with Crippen LogP contribution in [0.4, 0.5) is 0 Å². The second-order valence-electron chi connectivity index (χ2n) is 17.8. The van der Waals surface area contributed by atoms with Gasteiger partial charge in [-0.1, -0.05) is 182 Å². The Kier molecular flexibility index (Phi) is 23.6. The Morgan fingerprint density at radius 1 is 0.551 bits per heavy atom. The molecule has 0 amide bonds. The van der Waals surface area contributed by atoms with Crippen molar-refractivity contribution in [3.05, 3.63) is 155 Å². The minimum atomic E-state index is 0.127. The molecular weight excluding hydrogens is 989 g/mol. The first kappa shape index (κ1) is 56.2. The lowest BCUT2D eigenvalue weighted by Crippen LogP contribution is -2.03. The van der Waals surface area contributed by atoms with Gasteiger partial charge in [0.1, 0.15) is 17.2 Å². The van der Waals surface area contributed by atoms with Crippen LogP contribution in [-0.4, -0.2) is 20.3 Å². The van der Waals surface area contributed by atoms with E-state index in [4.69, 9.17) is 14.2 Å². The van der Waals surface area contributed by atoms with E-state index in [1.807, 2.05) is 17.5 Å². The van der Waals surface area contributed by atoms with Gasteiger partial charge < -0.3 is 14.2 Å². The third kappa shape index (κ3) is 18.4. The van der Waals surface area contributed by atoms with Gasteiger partial charge >= 0.3 is 0 Å². The summed E-state index contributed by atoms with van der Waals surface area (Å²) in [5.41, 5.74) is 7.24.